The summed E-state index contributed by atoms with van der Waals surface area (Å²) in [4.78, 5) is 22.0. The van der Waals surface area contributed by atoms with Crippen LogP contribution in [0.4, 0.5) is 0 Å². The maximum absolute atomic E-state index is 10.8. The van der Waals surface area contributed by atoms with E-state index in [2.05, 4.69) is 15.0 Å². The Bertz CT molecular complexity index is 518. The van der Waals surface area contributed by atoms with Gasteiger partial charge in [-0.3, -0.25) is 4.79 Å². The molecule has 72 valence electrons. The number of fused-ring (bicyclic) bond motifs is 1. The summed E-state index contributed by atoms with van der Waals surface area (Å²) in [5.41, 5.74) is 1.80. The molecule has 0 aromatic carbocycles. The number of carbonyl (C=O) groups excluding carboxylic acids is 1. The average Bonchev–Trinajstić information content (AvgIpc) is 2.40. The van der Waals surface area contributed by atoms with Crippen LogP contribution in [0.25, 0.3) is 11.0 Å². The summed E-state index contributed by atoms with van der Waals surface area (Å²) in [5, 5.41) is 1.02. The van der Waals surface area contributed by atoms with Crippen LogP contribution < -0.4 is 0 Å². The fraction of sp³-hybridized carbons (Fsp3) is 0.222. The molecule has 0 aliphatic rings. The van der Waals surface area contributed by atoms with Crippen molar-refractivity contribution in [2.24, 2.45) is 0 Å². The lowest BCUT2D eigenvalue weighted by Gasteiger charge is -1.97. The topological polar surface area (TPSA) is 58.6 Å². The maximum atomic E-state index is 10.8. The van der Waals surface area contributed by atoms with E-state index in [1.165, 1.54) is 0 Å². The van der Waals surface area contributed by atoms with Gasteiger partial charge in [-0.25, -0.2) is 9.97 Å². The van der Waals surface area contributed by atoms with Crippen LogP contribution in [0.2, 0.25) is 5.15 Å². The van der Waals surface area contributed by atoms with Crippen molar-refractivity contribution < 1.29 is 4.79 Å². The van der Waals surface area contributed by atoms with Gasteiger partial charge in [0.05, 0.1) is 16.6 Å². The number of hydrogen-bond acceptors (Lipinski definition) is 3. The van der Waals surface area contributed by atoms with Crippen molar-refractivity contribution in [3.63, 3.8) is 0 Å². The minimum atomic E-state index is 0.318. The van der Waals surface area contributed by atoms with Crippen molar-refractivity contribution in [3.05, 3.63) is 22.2 Å². The fourth-order valence-electron chi connectivity index (χ4n) is 1.52. The van der Waals surface area contributed by atoms with Crippen molar-refractivity contribution in [2.45, 2.75) is 13.8 Å². The fourth-order valence-corrected chi connectivity index (χ4v) is 1.75. The molecule has 2 rings (SSSR count). The van der Waals surface area contributed by atoms with E-state index in [9.17, 15) is 4.79 Å². The predicted molar refractivity (Wildman–Crippen MR) is 53.8 cm³/mol. The molecule has 0 saturated carbocycles. The number of H-pyrrole nitrogens is 1. The molecule has 2 aromatic rings. The summed E-state index contributed by atoms with van der Waals surface area (Å²) in [5.74, 6) is 0.658. The van der Waals surface area contributed by atoms with Crippen molar-refractivity contribution in [2.75, 3.05) is 0 Å². The highest BCUT2D eigenvalue weighted by Gasteiger charge is 2.13. The third-order valence-electron chi connectivity index (χ3n) is 2.05. The molecule has 5 heteroatoms. The van der Waals surface area contributed by atoms with Gasteiger partial charge in [-0.15, -0.1) is 0 Å². The van der Waals surface area contributed by atoms with Crippen molar-refractivity contribution >= 4 is 28.9 Å². The van der Waals surface area contributed by atoms with E-state index < -0.39 is 0 Å². The van der Waals surface area contributed by atoms with Crippen LogP contribution in [0, 0.1) is 13.8 Å². The number of nitrogens with zero attached hydrogens (tertiary/aromatic N) is 2. The molecular weight excluding hydrogens is 202 g/mol. The molecule has 0 aliphatic carbocycles. The number of aldehydes is 1. The van der Waals surface area contributed by atoms with E-state index in [0.29, 0.717) is 33.9 Å². The van der Waals surface area contributed by atoms with Gasteiger partial charge in [0.1, 0.15) is 16.6 Å². The molecule has 2 heterocycles. The third-order valence-corrected chi connectivity index (χ3v) is 2.35. The molecule has 2 aromatic heterocycles. The molecule has 14 heavy (non-hydrogen) atoms. The number of nitrogens with one attached hydrogen (secondary N) is 1. The van der Waals surface area contributed by atoms with E-state index in [1.807, 2.05) is 6.92 Å². The summed E-state index contributed by atoms with van der Waals surface area (Å²) in [7, 11) is 0. The number of rotatable bonds is 1. The molecule has 0 amide bonds. The maximum Gasteiger partial charge on any atom is 0.153 e. The average molecular weight is 210 g/mol. The molecular formula is C9H8ClN3O. The molecule has 4 nitrogen and oxygen atoms in total. The first-order valence-corrected chi connectivity index (χ1v) is 4.49. The zero-order valence-electron chi connectivity index (χ0n) is 7.76. The van der Waals surface area contributed by atoms with Crippen LogP contribution in [-0.4, -0.2) is 21.2 Å². The molecule has 0 bridgehead atoms. The molecule has 0 fully saturated rings. The Morgan fingerprint density at radius 1 is 1.36 bits per heavy atom. The first-order valence-electron chi connectivity index (χ1n) is 4.11. The highest BCUT2D eigenvalue weighted by molar-refractivity contribution is 6.33. The summed E-state index contributed by atoms with van der Waals surface area (Å²) in [6.45, 7) is 3.62. The Morgan fingerprint density at radius 3 is 2.71 bits per heavy atom. The lowest BCUT2D eigenvalue weighted by atomic mass is 10.2. The second-order valence-electron chi connectivity index (χ2n) is 3.05. The van der Waals surface area contributed by atoms with Gasteiger partial charge in [-0.1, -0.05) is 11.6 Å². The highest BCUT2D eigenvalue weighted by Crippen LogP contribution is 2.25. The lowest BCUT2D eigenvalue weighted by molar-refractivity contribution is 0.112. The monoisotopic (exact) mass is 209 g/mol. The summed E-state index contributed by atoms with van der Waals surface area (Å²) < 4.78 is 0. The normalized spacial score (nSPS) is 10.8. The molecule has 1 N–H and O–H groups in total. The van der Waals surface area contributed by atoms with Crippen LogP contribution in [-0.2, 0) is 0 Å². The Hall–Kier alpha value is -1.42. The quantitative estimate of drug-likeness (QED) is 0.732. The molecule has 0 aliphatic heterocycles. The van der Waals surface area contributed by atoms with Gasteiger partial charge in [0, 0.05) is 0 Å². The minimum absolute atomic E-state index is 0.318. The Morgan fingerprint density at radius 2 is 2.07 bits per heavy atom. The number of aromatic amines is 1. The van der Waals surface area contributed by atoms with E-state index in [-0.39, 0.29) is 0 Å². The second-order valence-corrected chi connectivity index (χ2v) is 3.43. The molecule has 0 spiro atoms. The number of aryl methyl sites for hydroxylation is 2. The van der Waals surface area contributed by atoms with Crippen LogP contribution in [0.3, 0.4) is 0 Å². The van der Waals surface area contributed by atoms with Gasteiger partial charge in [-0.2, -0.15) is 0 Å². The van der Waals surface area contributed by atoms with Gasteiger partial charge in [-0.05, 0) is 13.8 Å². The van der Waals surface area contributed by atoms with Gasteiger partial charge < -0.3 is 4.98 Å². The zero-order chi connectivity index (χ0) is 10.3. The van der Waals surface area contributed by atoms with Gasteiger partial charge in [0.2, 0.25) is 0 Å². The van der Waals surface area contributed by atoms with Crippen LogP contribution in [0.1, 0.15) is 21.9 Å². The van der Waals surface area contributed by atoms with E-state index in [0.717, 1.165) is 5.69 Å². The first-order chi connectivity index (χ1) is 6.63. The smallest absolute Gasteiger partial charge is 0.153 e. The molecule has 0 atom stereocenters. The SMILES string of the molecule is Cc1nc(C)c2c(C=O)c(Cl)[nH]c2n1. The Kier molecular flexibility index (Phi) is 2.00. The Labute approximate surface area is 85.3 Å². The minimum Gasteiger partial charge on any atom is -0.330 e. The predicted octanol–water partition coefficient (Wildman–Crippen LogP) is 2.04. The lowest BCUT2D eigenvalue weighted by Crippen LogP contribution is -1.92. The second kappa shape index (κ2) is 3.06. The summed E-state index contributed by atoms with van der Waals surface area (Å²) >= 11 is 5.84. The van der Waals surface area contributed by atoms with E-state index in [4.69, 9.17) is 11.6 Å². The summed E-state index contributed by atoms with van der Waals surface area (Å²) in [6, 6.07) is 0. The third kappa shape index (κ3) is 1.19. The number of halogens is 1. The van der Waals surface area contributed by atoms with Gasteiger partial charge >= 0.3 is 0 Å². The van der Waals surface area contributed by atoms with Gasteiger partial charge in [0.25, 0.3) is 0 Å². The summed E-state index contributed by atoms with van der Waals surface area (Å²) in [6.07, 6.45) is 0.715. The molecule has 0 saturated heterocycles. The number of aromatic nitrogens is 3. The number of carbonyl (C=O) groups is 1. The van der Waals surface area contributed by atoms with Crippen molar-refractivity contribution in [1.82, 2.24) is 15.0 Å². The van der Waals surface area contributed by atoms with Crippen molar-refractivity contribution in [3.8, 4) is 0 Å². The van der Waals surface area contributed by atoms with E-state index >= 15 is 0 Å². The van der Waals surface area contributed by atoms with Crippen LogP contribution >= 0.6 is 11.6 Å². The first kappa shape index (κ1) is 9.15. The van der Waals surface area contributed by atoms with Crippen molar-refractivity contribution in [1.29, 1.82) is 0 Å². The standard InChI is InChI=1S/C9H8ClN3O/c1-4-7-6(3-14)8(10)13-9(7)12-5(2)11-4/h3H,1-2H3,(H,11,12,13). The van der Waals surface area contributed by atoms with Gasteiger partial charge in [0.15, 0.2) is 6.29 Å². The largest absolute Gasteiger partial charge is 0.330 e. The van der Waals surface area contributed by atoms with Crippen LogP contribution in [0.15, 0.2) is 0 Å². The number of hydrogen-bond donors (Lipinski definition) is 1. The Balaban J connectivity index is 2.95. The van der Waals surface area contributed by atoms with Crippen LogP contribution in [0.5, 0.6) is 0 Å². The molecule has 0 radical (unpaired) electrons. The van der Waals surface area contributed by atoms with E-state index in [1.54, 1.807) is 6.92 Å². The zero-order valence-corrected chi connectivity index (χ0v) is 8.51. The highest BCUT2D eigenvalue weighted by atomic mass is 35.5. The molecule has 0 unspecified atom stereocenters.